The zero-order chi connectivity index (χ0) is 14.7. The summed E-state index contributed by atoms with van der Waals surface area (Å²) in [4.78, 5) is 6.84. The van der Waals surface area contributed by atoms with Crippen molar-refractivity contribution in [1.82, 2.24) is 9.88 Å². The zero-order valence-electron chi connectivity index (χ0n) is 12.4. The van der Waals surface area contributed by atoms with E-state index in [0.29, 0.717) is 6.04 Å². The molecule has 0 saturated carbocycles. The Morgan fingerprint density at radius 2 is 2.10 bits per heavy atom. The molecular weight excluding hydrogens is 263 g/mol. The minimum atomic E-state index is -0.206. The van der Waals surface area contributed by atoms with Crippen molar-refractivity contribution in [2.45, 2.75) is 38.8 Å². The topological polar surface area (TPSA) is 16.1 Å². The van der Waals surface area contributed by atoms with Crippen LogP contribution in [0.2, 0.25) is 0 Å². The van der Waals surface area contributed by atoms with Crippen molar-refractivity contribution in [3.63, 3.8) is 0 Å². The van der Waals surface area contributed by atoms with Crippen molar-refractivity contribution in [3.8, 4) is 11.1 Å². The van der Waals surface area contributed by atoms with Gasteiger partial charge in [-0.1, -0.05) is 18.6 Å². The molecule has 0 aliphatic carbocycles. The minimum Gasteiger partial charge on any atom is -0.296 e. The molecule has 21 heavy (non-hydrogen) atoms. The fourth-order valence-electron chi connectivity index (χ4n) is 3.03. The normalized spacial score (nSPS) is 19.6. The van der Waals surface area contributed by atoms with Crippen LogP contribution in [0.3, 0.4) is 0 Å². The number of piperidine rings is 1. The number of hydrogen-bond acceptors (Lipinski definition) is 2. The van der Waals surface area contributed by atoms with Crippen LogP contribution in [0.5, 0.6) is 0 Å². The molecule has 0 radical (unpaired) electrons. The van der Waals surface area contributed by atoms with Gasteiger partial charge in [-0.25, -0.2) is 4.39 Å². The van der Waals surface area contributed by atoms with Crippen LogP contribution in [0.4, 0.5) is 4.39 Å². The second-order valence-corrected chi connectivity index (χ2v) is 5.91. The van der Waals surface area contributed by atoms with Crippen molar-refractivity contribution >= 4 is 0 Å². The summed E-state index contributed by atoms with van der Waals surface area (Å²) in [5.74, 6) is -0.206. The van der Waals surface area contributed by atoms with Gasteiger partial charge in [0.05, 0.1) is 0 Å². The fraction of sp³-hybridized carbons (Fsp3) is 0.389. The first kappa shape index (κ1) is 14.2. The molecule has 3 rings (SSSR count). The molecule has 1 aromatic heterocycles. The van der Waals surface area contributed by atoms with E-state index in [4.69, 9.17) is 0 Å². The molecule has 2 nitrogen and oxygen atoms in total. The summed E-state index contributed by atoms with van der Waals surface area (Å²) in [6.07, 6.45) is 7.61. The van der Waals surface area contributed by atoms with E-state index in [-0.39, 0.29) is 5.82 Å². The van der Waals surface area contributed by atoms with Crippen LogP contribution in [0.1, 0.15) is 31.7 Å². The van der Waals surface area contributed by atoms with Gasteiger partial charge in [-0.3, -0.25) is 9.88 Å². The molecule has 110 valence electrons. The molecule has 2 aromatic rings. The van der Waals surface area contributed by atoms with E-state index in [0.717, 1.165) is 24.2 Å². The van der Waals surface area contributed by atoms with Crippen molar-refractivity contribution in [3.05, 3.63) is 54.1 Å². The molecule has 1 saturated heterocycles. The summed E-state index contributed by atoms with van der Waals surface area (Å²) < 4.78 is 13.3. The van der Waals surface area contributed by atoms with Gasteiger partial charge in [-0.05, 0) is 55.6 Å². The largest absolute Gasteiger partial charge is 0.296 e. The molecule has 2 heterocycles. The Morgan fingerprint density at radius 3 is 2.90 bits per heavy atom. The number of likely N-dealkylation sites (tertiary alicyclic amines) is 1. The number of aromatic nitrogens is 1. The first-order chi connectivity index (χ1) is 10.2. The third kappa shape index (κ3) is 3.48. The van der Waals surface area contributed by atoms with Crippen molar-refractivity contribution in [2.75, 3.05) is 6.54 Å². The molecule has 0 N–H and O–H groups in total. The third-order valence-electron chi connectivity index (χ3n) is 4.28. The number of hydrogen-bond donors (Lipinski definition) is 0. The molecule has 1 fully saturated rings. The van der Waals surface area contributed by atoms with E-state index in [1.54, 1.807) is 18.3 Å². The first-order valence-electron chi connectivity index (χ1n) is 7.66. The SMILES string of the molecule is C[C@H]1CCCCN1Cc1cncc(-c2cccc(F)c2)c1. The minimum absolute atomic E-state index is 0.206. The fourth-order valence-corrected chi connectivity index (χ4v) is 3.03. The highest BCUT2D eigenvalue weighted by atomic mass is 19.1. The van der Waals surface area contributed by atoms with Gasteiger partial charge < -0.3 is 0 Å². The second kappa shape index (κ2) is 6.35. The smallest absolute Gasteiger partial charge is 0.123 e. The standard InChI is InChI=1S/C18H21FN2/c1-14-5-2-3-8-21(14)13-15-9-17(12-20-11-15)16-6-4-7-18(19)10-16/h4,6-7,9-12,14H,2-3,5,8,13H2,1H3/t14-/m0/s1. The van der Waals surface area contributed by atoms with Gasteiger partial charge in [0.15, 0.2) is 0 Å². The summed E-state index contributed by atoms with van der Waals surface area (Å²) >= 11 is 0. The molecular formula is C18H21FN2. The van der Waals surface area contributed by atoms with Gasteiger partial charge in [-0.15, -0.1) is 0 Å². The van der Waals surface area contributed by atoms with Crippen LogP contribution in [-0.2, 0) is 6.54 Å². The maximum Gasteiger partial charge on any atom is 0.123 e. The average molecular weight is 284 g/mol. The van der Waals surface area contributed by atoms with E-state index in [9.17, 15) is 4.39 Å². The highest BCUT2D eigenvalue weighted by molar-refractivity contribution is 5.62. The van der Waals surface area contributed by atoms with E-state index < -0.39 is 0 Å². The molecule has 0 amide bonds. The Morgan fingerprint density at radius 1 is 1.19 bits per heavy atom. The van der Waals surface area contributed by atoms with Crippen LogP contribution < -0.4 is 0 Å². The van der Waals surface area contributed by atoms with Gasteiger partial charge in [0.2, 0.25) is 0 Å². The van der Waals surface area contributed by atoms with Crippen molar-refractivity contribution in [1.29, 1.82) is 0 Å². The Labute approximate surface area is 125 Å². The number of rotatable bonds is 3. The first-order valence-corrected chi connectivity index (χ1v) is 7.66. The monoisotopic (exact) mass is 284 g/mol. The summed E-state index contributed by atoms with van der Waals surface area (Å²) in [6, 6.07) is 9.46. The molecule has 3 heteroatoms. The highest BCUT2D eigenvalue weighted by Crippen LogP contribution is 2.23. The Balaban J connectivity index is 1.80. The molecule has 0 unspecified atom stereocenters. The van der Waals surface area contributed by atoms with E-state index in [1.807, 2.05) is 12.3 Å². The molecule has 0 spiro atoms. The quantitative estimate of drug-likeness (QED) is 0.837. The van der Waals surface area contributed by atoms with Crippen molar-refractivity contribution < 1.29 is 4.39 Å². The van der Waals surface area contributed by atoms with Crippen LogP contribution in [0.15, 0.2) is 42.7 Å². The van der Waals surface area contributed by atoms with E-state index in [1.165, 1.54) is 30.9 Å². The summed E-state index contributed by atoms with van der Waals surface area (Å²) in [6.45, 7) is 4.38. The van der Waals surface area contributed by atoms with E-state index in [2.05, 4.69) is 22.9 Å². The van der Waals surface area contributed by atoms with Gasteiger partial charge >= 0.3 is 0 Å². The average Bonchev–Trinajstić information content (AvgIpc) is 2.50. The third-order valence-corrected chi connectivity index (χ3v) is 4.28. The van der Waals surface area contributed by atoms with Crippen LogP contribution in [0.25, 0.3) is 11.1 Å². The van der Waals surface area contributed by atoms with Crippen LogP contribution in [-0.4, -0.2) is 22.5 Å². The lowest BCUT2D eigenvalue weighted by atomic mass is 10.0. The van der Waals surface area contributed by atoms with Gasteiger partial charge in [-0.2, -0.15) is 0 Å². The summed E-state index contributed by atoms with van der Waals surface area (Å²) in [5.41, 5.74) is 3.07. The Bertz CT molecular complexity index is 612. The summed E-state index contributed by atoms with van der Waals surface area (Å²) in [7, 11) is 0. The number of halogens is 1. The predicted molar refractivity (Wildman–Crippen MR) is 83.4 cm³/mol. The Hall–Kier alpha value is -1.74. The van der Waals surface area contributed by atoms with Crippen LogP contribution in [0, 0.1) is 5.82 Å². The molecule has 1 aliphatic heterocycles. The molecule has 1 atom stereocenters. The highest BCUT2D eigenvalue weighted by Gasteiger charge is 2.18. The molecule has 1 aliphatic rings. The van der Waals surface area contributed by atoms with Gasteiger partial charge in [0.1, 0.15) is 5.82 Å². The molecule has 0 bridgehead atoms. The summed E-state index contributed by atoms with van der Waals surface area (Å²) in [5, 5.41) is 0. The number of benzene rings is 1. The predicted octanol–water partition coefficient (Wildman–Crippen LogP) is 4.26. The lowest BCUT2D eigenvalue weighted by Gasteiger charge is -2.33. The van der Waals surface area contributed by atoms with Crippen LogP contribution >= 0.6 is 0 Å². The van der Waals surface area contributed by atoms with Gasteiger partial charge in [0, 0.05) is 30.5 Å². The lowest BCUT2D eigenvalue weighted by molar-refractivity contribution is 0.152. The van der Waals surface area contributed by atoms with Gasteiger partial charge in [0.25, 0.3) is 0 Å². The number of nitrogens with zero attached hydrogens (tertiary/aromatic N) is 2. The maximum atomic E-state index is 13.3. The maximum absolute atomic E-state index is 13.3. The lowest BCUT2D eigenvalue weighted by Crippen LogP contribution is -2.36. The molecule has 1 aromatic carbocycles. The Kier molecular flexibility index (Phi) is 4.30. The van der Waals surface area contributed by atoms with Crippen molar-refractivity contribution in [2.24, 2.45) is 0 Å². The van der Waals surface area contributed by atoms with E-state index >= 15 is 0 Å². The zero-order valence-corrected chi connectivity index (χ0v) is 12.4. The number of pyridine rings is 1. The second-order valence-electron chi connectivity index (χ2n) is 5.91.